The Labute approximate surface area is 80.6 Å². The Balaban J connectivity index is 2.61. The lowest BCUT2D eigenvalue weighted by molar-refractivity contribution is 0.392. The predicted octanol–water partition coefficient (Wildman–Crippen LogP) is 1.46. The third-order valence-corrected chi connectivity index (χ3v) is 2.12. The average molecular weight is 198 g/mol. The smallest absolute Gasteiger partial charge is 0.226 e. The van der Waals surface area contributed by atoms with Gasteiger partial charge in [-0.15, -0.1) is 0 Å². The van der Waals surface area contributed by atoms with E-state index >= 15 is 0 Å². The molecular formula is C8H8ClN3O. The van der Waals surface area contributed by atoms with E-state index in [4.69, 9.17) is 16.3 Å². The first-order chi connectivity index (χ1) is 6.22. The summed E-state index contributed by atoms with van der Waals surface area (Å²) in [6.07, 6.45) is 0. The second-order valence-electron chi connectivity index (χ2n) is 2.73. The van der Waals surface area contributed by atoms with Crippen molar-refractivity contribution in [3.63, 3.8) is 0 Å². The molecule has 2 rings (SSSR count). The van der Waals surface area contributed by atoms with Crippen molar-refractivity contribution < 1.29 is 4.74 Å². The second-order valence-corrected chi connectivity index (χ2v) is 3.07. The lowest BCUT2D eigenvalue weighted by atomic mass is 10.2. The van der Waals surface area contributed by atoms with E-state index in [9.17, 15) is 0 Å². The molecule has 0 atom stereocenters. The van der Waals surface area contributed by atoms with E-state index in [0.717, 1.165) is 17.0 Å². The molecule has 1 aliphatic rings. The van der Waals surface area contributed by atoms with Crippen LogP contribution >= 0.6 is 11.6 Å². The SMILES string of the molecule is COc1nc(Cl)nc2c1CN=C2C. The lowest BCUT2D eigenvalue weighted by Gasteiger charge is -2.04. The van der Waals surface area contributed by atoms with Crippen LogP contribution in [0.25, 0.3) is 0 Å². The molecule has 1 aromatic heterocycles. The van der Waals surface area contributed by atoms with Crippen molar-refractivity contribution in [3.05, 3.63) is 16.5 Å². The van der Waals surface area contributed by atoms with Crippen molar-refractivity contribution >= 4 is 17.3 Å². The third kappa shape index (κ3) is 1.27. The highest BCUT2D eigenvalue weighted by Crippen LogP contribution is 2.26. The lowest BCUT2D eigenvalue weighted by Crippen LogP contribution is -2.02. The normalized spacial score (nSPS) is 13.9. The first-order valence-corrected chi connectivity index (χ1v) is 4.22. The topological polar surface area (TPSA) is 47.4 Å². The van der Waals surface area contributed by atoms with E-state index in [0.29, 0.717) is 12.4 Å². The zero-order valence-electron chi connectivity index (χ0n) is 7.33. The Morgan fingerprint density at radius 1 is 1.38 bits per heavy atom. The van der Waals surface area contributed by atoms with Crippen LogP contribution in [0.1, 0.15) is 18.2 Å². The molecule has 68 valence electrons. The highest BCUT2D eigenvalue weighted by molar-refractivity contribution is 6.28. The Bertz CT molecular complexity index is 389. The van der Waals surface area contributed by atoms with Gasteiger partial charge < -0.3 is 4.74 Å². The minimum atomic E-state index is 0.201. The minimum Gasteiger partial charge on any atom is -0.481 e. The summed E-state index contributed by atoms with van der Waals surface area (Å²) in [5.74, 6) is 0.524. The van der Waals surface area contributed by atoms with E-state index < -0.39 is 0 Å². The Morgan fingerprint density at radius 3 is 2.85 bits per heavy atom. The van der Waals surface area contributed by atoms with Crippen LogP contribution in [0.2, 0.25) is 5.28 Å². The summed E-state index contributed by atoms with van der Waals surface area (Å²) in [6.45, 7) is 2.48. The van der Waals surface area contributed by atoms with Crippen LogP contribution < -0.4 is 4.74 Å². The molecule has 4 nitrogen and oxygen atoms in total. The van der Waals surface area contributed by atoms with Gasteiger partial charge in [-0.2, -0.15) is 4.98 Å². The molecule has 0 N–H and O–H groups in total. The second kappa shape index (κ2) is 2.96. The van der Waals surface area contributed by atoms with Crippen molar-refractivity contribution in [2.45, 2.75) is 13.5 Å². The van der Waals surface area contributed by atoms with Gasteiger partial charge in [0.2, 0.25) is 11.2 Å². The Kier molecular flexibility index (Phi) is 1.92. The zero-order valence-corrected chi connectivity index (χ0v) is 8.09. The van der Waals surface area contributed by atoms with E-state index in [-0.39, 0.29) is 5.28 Å². The summed E-state index contributed by atoms with van der Waals surface area (Å²) < 4.78 is 5.08. The van der Waals surface area contributed by atoms with Crippen molar-refractivity contribution in [1.29, 1.82) is 0 Å². The van der Waals surface area contributed by atoms with Crippen molar-refractivity contribution in [3.8, 4) is 5.88 Å². The number of rotatable bonds is 1. The van der Waals surface area contributed by atoms with Gasteiger partial charge >= 0.3 is 0 Å². The van der Waals surface area contributed by atoms with Crippen LogP contribution in [0, 0.1) is 0 Å². The maximum absolute atomic E-state index is 5.72. The van der Waals surface area contributed by atoms with Gasteiger partial charge in [0.15, 0.2) is 0 Å². The van der Waals surface area contributed by atoms with E-state index in [1.165, 1.54) is 0 Å². The Morgan fingerprint density at radius 2 is 2.15 bits per heavy atom. The summed E-state index contributed by atoms with van der Waals surface area (Å²) in [7, 11) is 1.56. The number of nitrogens with zero attached hydrogens (tertiary/aromatic N) is 3. The molecule has 0 radical (unpaired) electrons. The van der Waals surface area contributed by atoms with Crippen LogP contribution in [0.3, 0.4) is 0 Å². The molecule has 0 aromatic carbocycles. The van der Waals surface area contributed by atoms with Crippen LogP contribution in [-0.4, -0.2) is 22.8 Å². The molecule has 0 amide bonds. The van der Waals surface area contributed by atoms with E-state index in [1.807, 2.05) is 6.92 Å². The maximum atomic E-state index is 5.72. The van der Waals surface area contributed by atoms with Gasteiger partial charge in [-0.05, 0) is 18.5 Å². The summed E-state index contributed by atoms with van der Waals surface area (Å²) in [6, 6.07) is 0. The van der Waals surface area contributed by atoms with Gasteiger partial charge in [0.1, 0.15) is 0 Å². The molecule has 0 bridgehead atoms. The molecule has 5 heteroatoms. The molecule has 0 saturated carbocycles. The van der Waals surface area contributed by atoms with Crippen LogP contribution in [-0.2, 0) is 6.54 Å². The predicted molar refractivity (Wildman–Crippen MR) is 49.5 cm³/mol. The monoisotopic (exact) mass is 197 g/mol. The fourth-order valence-electron chi connectivity index (χ4n) is 1.32. The standard InChI is InChI=1S/C8H8ClN3O/c1-4-6-5(3-10-4)7(13-2)12-8(9)11-6/h3H2,1-2H3. The van der Waals surface area contributed by atoms with Gasteiger partial charge in [-0.25, -0.2) is 4.98 Å². The summed E-state index contributed by atoms with van der Waals surface area (Å²) >= 11 is 5.72. The van der Waals surface area contributed by atoms with Crippen LogP contribution in [0.4, 0.5) is 0 Å². The molecule has 1 aliphatic heterocycles. The Hall–Kier alpha value is -1.16. The average Bonchev–Trinajstić information content (AvgIpc) is 2.47. The van der Waals surface area contributed by atoms with Gasteiger partial charge in [-0.1, -0.05) is 0 Å². The number of hydrogen-bond acceptors (Lipinski definition) is 4. The molecule has 13 heavy (non-hydrogen) atoms. The quantitative estimate of drug-likeness (QED) is 0.641. The van der Waals surface area contributed by atoms with Crippen molar-refractivity contribution in [1.82, 2.24) is 9.97 Å². The first-order valence-electron chi connectivity index (χ1n) is 3.84. The number of fused-ring (bicyclic) bond motifs is 1. The van der Waals surface area contributed by atoms with E-state index in [2.05, 4.69) is 15.0 Å². The van der Waals surface area contributed by atoms with Gasteiger partial charge in [-0.3, -0.25) is 4.99 Å². The first kappa shape index (κ1) is 8.44. The minimum absolute atomic E-state index is 0.201. The molecule has 0 unspecified atom stereocenters. The third-order valence-electron chi connectivity index (χ3n) is 1.95. The number of aliphatic imine (C=N–C) groups is 1. The highest BCUT2D eigenvalue weighted by atomic mass is 35.5. The molecule has 0 spiro atoms. The summed E-state index contributed by atoms with van der Waals surface area (Å²) in [5.41, 5.74) is 2.61. The number of ether oxygens (including phenoxy) is 1. The number of hydrogen-bond donors (Lipinski definition) is 0. The molecular weight excluding hydrogens is 190 g/mol. The maximum Gasteiger partial charge on any atom is 0.226 e. The molecule has 1 aromatic rings. The van der Waals surface area contributed by atoms with Crippen LogP contribution in [0.5, 0.6) is 5.88 Å². The highest BCUT2D eigenvalue weighted by Gasteiger charge is 2.20. The summed E-state index contributed by atoms with van der Waals surface area (Å²) in [5, 5.41) is 0.201. The summed E-state index contributed by atoms with van der Waals surface area (Å²) in [4.78, 5) is 12.3. The zero-order chi connectivity index (χ0) is 9.42. The van der Waals surface area contributed by atoms with E-state index in [1.54, 1.807) is 7.11 Å². The number of methoxy groups -OCH3 is 1. The van der Waals surface area contributed by atoms with Crippen molar-refractivity contribution in [2.75, 3.05) is 7.11 Å². The number of halogens is 1. The largest absolute Gasteiger partial charge is 0.481 e. The molecule has 0 fully saturated rings. The van der Waals surface area contributed by atoms with Crippen molar-refractivity contribution in [2.24, 2.45) is 4.99 Å². The fraction of sp³-hybridized carbons (Fsp3) is 0.375. The fourth-order valence-corrected chi connectivity index (χ4v) is 1.48. The molecule has 2 heterocycles. The number of aromatic nitrogens is 2. The van der Waals surface area contributed by atoms with Crippen LogP contribution in [0.15, 0.2) is 4.99 Å². The van der Waals surface area contributed by atoms with Gasteiger partial charge in [0.25, 0.3) is 0 Å². The molecule has 0 saturated heterocycles. The van der Waals surface area contributed by atoms with Gasteiger partial charge in [0, 0.05) is 0 Å². The van der Waals surface area contributed by atoms with Gasteiger partial charge in [0.05, 0.1) is 30.6 Å². The molecule has 0 aliphatic carbocycles.